The Bertz CT molecular complexity index is 687. The van der Waals surface area contributed by atoms with Crippen LogP contribution in [0.3, 0.4) is 0 Å². The first kappa shape index (κ1) is 12.9. The standard InChI is InChI=1S/C15H17N3O2/c19-14-8-12(11-5-1-2-6-13(11)18-14)15(20)17-10-4-3-7-16-9-10/h1-2,5-6,8,10,16H,3-4,7,9H2,(H,17,20)(H,18,19). The van der Waals surface area contributed by atoms with Gasteiger partial charge in [0.15, 0.2) is 0 Å². The molecule has 0 saturated carbocycles. The van der Waals surface area contributed by atoms with Crippen molar-refractivity contribution in [2.45, 2.75) is 18.9 Å². The molecule has 0 spiro atoms. The molecule has 5 heteroatoms. The van der Waals surface area contributed by atoms with Gasteiger partial charge in [0.25, 0.3) is 5.91 Å². The number of carbonyl (C=O) groups is 1. The molecule has 1 atom stereocenters. The summed E-state index contributed by atoms with van der Waals surface area (Å²) in [5.41, 5.74) is 0.873. The van der Waals surface area contributed by atoms with Gasteiger partial charge < -0.3 is 15.6 Å². The number of fused-ring (bicyclic) bond motifs is 1. The average Bonchev–Trinajstić information content (AvgIpc) is 2.47. The largest absolute Gasteiger partial charge is 0.348 e. The lowest BCUT2D eigenvalue weighted by molar-refractivity contribution is 0.0932. The summed E-state index contributed by atoms with van der Waals surface area (Å²) in [6.07, 6.45) is 2.03. The Morgan fingerprint density at radius 2 is 2.15 bits per heavy atom. The van der Waals surface area contributed by atoms with Crippen LogP contribution in [-0.4, -0.2) is 30.0 Å². The fourth-order valence-corrected chi connectivity index (χ4v) is 2.63. The van der Waals surface area contributed by atoms with Crippen LogP contribution in [0.5, 0.6) is 0 Å². The molecule has 0 aliphatic carbocycles. The van der Waals surface area contributed by atoms with Gasteiger partial charge in [-0.2, -0.15) is 0 Å². The Morgan fingerprint density at radius 1 is 1.30 bits per heavy atom. The summed E-state index contributed by atoms with van der Waals surface area (Å²) in [5, 5.41) is 7.03. The maximum atomic E-state index is 12.4. The van der Waals surface area contributed by atoms with Gasteiger partial charge in [-0.15, -0.1) is 0 Å². The van der Waals surface area contributed by atoms with Crippen molar-refractivity contribution in [1.29, 1.82) is 0 Å². The van der Waals surface area contributed by atoms with Gasteiger partial charge in [-0.05, 0) is 25.5 Å². The van der Waals surface area contributed by atoms with Crippen LogP contribution in [0.1, 0.15) is 23.2 Å². The first-order valence-electron chi connectivity index (χ1n) is 6.88. The van der Waals surface area contributed by atoms with Crippen molar-refractivity contribution < 1.29 is 4.79 Å². The summed E-state index contributed by atoms with van der Waals surface area (Å²) in [4.78, 5) is 26.8. The molecule has 1 aliphatic rings. The SMILES string of the molecule is O=C(NC1CCCNC1)c1cc(=O)[nH]c2ccccc12. The minimum atomic E-state index is -0.254. The molecule has 20 heavy (non-hydrogen) atoms. The van der Waals surface area contributed by atoms with Crippen LogP contribution < -0.4 is 16.2 Å². The molecule has 2 aromatic rings. The molecular formula is C15H17N3O2. The first-order valence-corrected chi connectivity index (χ1v) is 6.88. The van der Waals surface area contributed by atoms with Crippen molar-refractivity contribution in [3.8, 4) is 0 Å². The second kappa shape index (κ2) is 5.46. The number of piperidine rings is 1. The van der Waals surface area contributed by atoms with Crippen LogP contribution in [0.15, 0.2) is 35.1 Å². The molecule has 1 unspecified atom stereocenters. The smallest absolute Gasteiger partial charge is 0.252 e. The van der Waals surface area contributed by atoms with E-state index in [2.05, 4.69) is 15.6 Å². The van der Waals surface area contributed by atoms with Gasteiger partial charge in [-0.1, -0.05) is 18.2 Å². The number of pyridine rings is 1. The predicted molar refractivity (Wildman–Crippen MR) is 77.9 cm³/mol. The van der Waals surface area contributed by atoms with E-state index in [-0.39, 0.29) is 17.5 Å². The molecule has 1 aromatic heterocycles. The molecule has 3 N–H and O–H groups in total. The predicted octanol–water partition coefficient (Wildman–Crippen LogP) is 1.01. The van der Waals surface area contributed by atoms with Crippen LogP contribution in [0, 0.1) is 0 Å². The van der Waals surface area contributed by atoms with Crippen LogP contribution >= 0.6 is 0 Å². The number of rotatable bonds is 2. The highest BCUT2D eigenvalue weighted by molar-refractivity contribution is 6.06. The Hall–Kier alpha value is -2.14. The number of aromatic nitrogens is 1. The van der Waals surface area contributed by atoms with E-state index in [1.165, 1.54) is 6.07 Å². The maximum absolute atomic E-state index is 12.4. The summed E-state index contributed by atoms with van der Waals surface area (Å²) in [6, 6.07) is 8.85. The highest BCUT2D eigenvalue weighted by Gasteiger charge is 2.18. The van der Waals surface area contributed by atoms with Gasteiger partial charge in [0.1, 0.15) is 0 Å². The van der Waals surface area contributed by atoms with Crippen molar-refractivity contribution >= 4 is 16.8 Å². The zero-order valence-corrected chi connectivity index (χ0v) is 11.1. The lowest BCUT2D eigenvalue weighted by Crippen LogP contribution is -2.45. The molecule has 1 saturated heterocycles. The molecule has 0 bridgehead atoms. The third-order valence-corrected chi connectivity index (χ3v) is 3.63. The molecule has 1 aromatic carbocycles. The van der Waals surface area contributed by atoms with E-state index in [0.29, 0.717) is 11.1 Å². The Labute approximate surface area is 116 Å². The van der Waals surface area contributed by atoms with Crippen molar-refractivity contribution in [1.82, 2.24) is 15.6 Å². The third kappa shape index (κ3) is 2.58. The summed E-state index contributed by atoms with van der Waals surface area (Å²) >= 11 is 0. The van der Waals surface area contributed by atoms with Crippen LogP contribution in [0.4, 0.5) is 0 Å². The number of aromatic amines is 1. The maximum Gasteiger partial charge on any atom is 0.252 e. The van der Waals surface area contributed by atoms with Crippen LogP contribution in [-0.2, 0) is 0 Å². The highest BCUT2D eigenvalue weighted by Crippen LogP contribution is 2.15. The monoisotopic (exact) mass is 271 g/mol. The number of nitrogens with one attached hydrogen (secondary N) is 3. The summed E-state index contributed by atoms with van der Waals surface area (Å²) in [5.74, 6) is -0.180. The minimum absolute atomic E-state index is 0.134. The number of H-pyrrole nitrogens is 1. The van der Waals surface area contributed by atoms with E-state index >= 15 is 0 Å². The molecule has 0 radical (unpaired) electrons. The van der Waals surface area contributed by atoms with E-state index < -0.39 is 0 Å². The molecule has 2 heterocycles. The summed E-state index contributed by atoms with van der Waals surface area (Å²) in [6.45, 7) is 1.78. The van der Waals surface area contributed by atoms with Gasteiger partial charge in [0.05, 0.1) is 5.56 Å². The van der Waals surface area contributed by atoms with Gasteiger partial charge in [-0.25, -0.2) is 0 Å². The van der Waals surface area contributed by atoms with Crippen molar-refractivity contribution in [3.63, 3.8) is 0 Å². The molecule has 1 aliphatic heterocycles. The van der Waals surface area contributed by atoms with Crippen LogP contribution in [0.25, 0.3) is 10.9 Å². The van der Waals surface area contributed by atoms with E-state index in [4.69, 9.17) is 0 Å². The molecule has 5 nitrogen and oxygen atoms in total. The van der Waals surface area contributed by atoms with Gasteiger partial charge in [0, 0.05) is 29.6 Å². The number of para-hydroxylation sites is 1. The highest BCUT2D eigenvalue weighted by atomic mass is 16.2. The van der Waals surface area contributed by atoms with Crippen molar-refractivity contribution in [3.05, 3.63) is 46.2 Å². The zero-order chi connectivity index (χ0) is 13.9. The number of hydrogen-bond acceptors (Lipinski definition) is 3. The number of amides is 1. The molecular weight excluding hydrogens is 254 g/mol. The Kier molecular flexibility index (Phi) is 3.52. The second-order valence-corrected chi connectivity index (χ2v) is 5.11. The fourth-order valence-electron chi connectivity index (χ4n) is 2.63. The van der Waals surface area contributed by atoms with Crippen molar-refractivity contribution in [2.24, 2.45) is 0 Å². The number of hydrogen-bond donors (Lipinski definition) is 3. The average molecular weight is 271 g/mol. The minimum Gasteiger partial charge on any atom is -0.348 e. The Morgan fingerprint density at radius 3 is 2.95 bits per heavy atom. The molecule has 104 valence electrons. The quantitative estimate of drug-likeness (QED) is 0.763. The molecule has 3 rings (SSSR count). The van der Waals surface area contributed by atoms with Crippen molar-refractivity contribution in [2.75, 3.05) is 13.1 Å². The van der Waals surface area contributed by atoms with Gasteiger partial charge in [0.2, 0.25) is 5.56 Å². The number of carbonyl (C=O) groups excluding carboxylic acids is 1. The lowest BCUT2D eigenvalue weighted by atomic mass is 10.1. The van der Waals surface area contributed by atoms with Crippen LogP contribution in [0.2, 0.25) is 0 Å². The van der Waals surface area contributed by atoms with Gasteiger partial charge >= 0.3 is 0 Å². The zero-order valence-electron chi connectivity index (χ0n) is 11.1. The van der Waals surface area contributed by atoms with Gasteiger partial charge in [-0.3, -0.25) is 9.59 Å². The molecule has 1 fully saturated rings. The van der Waals surface area contributed by atoms with E-state index in [1.54, 1.807) is 6.07 Å². The fraction of sp³-hybridized carbons (Fsp3) is 0.333. The summed E-state index contributed by atoms with van der Waals surface area (Å²) in [7, 11) is 0. The Balaban J connectivity index is 1.92. The topological polar surface area (TPSA) is 74.0 Å². The second-order valence-electron chi connectivity index (χ2n) is 5.11. The van der Waals surface area contributed by atoms with E-state index in [9.17, 15) is 9.59 Å². The first-order chi connectivity index (χ1) is 9.74. The summed E-state index contributed by atoms with van der Waals surface area (Å²) < 4.78 is 0. The molecule has 1 amide bonds. The number of benzene rings is 1. The lowest BCUT2D eigenvalue weighted by Gasteiger charge is -2.24. The van der Waals surface area contributed by atoms with E-state index in [1.807, 2.05) is 18.2 Å². The normalized spacial score (nSPS) is 18.9. The third-order valence-electron chi connectivity index (χ3n) is 3.63. The van der Waals surface area contributed by atoms with E-state index in [0.717, 1.165) is 31.3 Å².